The van der Waals surface area contributed by atoms with Crippen LogP contribution in [-0.4, -0.2) is 35.5 Å². The van der Waals surface area contributed by atoms with Gasteiger partial charge in [-0.25, -0.2) is 0 Å². The average molecular weight is 175 g/mol. The molecule has 0 fully saturated rings. The predicted octanol–water partition coefficient (Wildman–Crippen LogP) is 0.510. The third kappa shape index (κ3) is 4.70. The number of aliphatic hydroxyl groups is 2. The monoisotopic (exact) mass is 175 g/mol. The van der Waals surface area contributed by atoms with E-state index >= 15 is 0 Å². The molecule has 0 amide bonds. The molecule has 3 N–H and O–H groups in total. The lowest BCUT2D eigenvalue weighted by molar-refractivity contribution is 0.209. The van der Waals surface area contributed by atoms with Crippen LogP contribution >= 0.6 is 0 Å². The summed E-state index contributed by atoms with van der Waals surface area (Å²) >= 11 is 0. The Hall–Kier alpha value is -0.120. The van der Waals surface area contributed by atoms with Gasteiger partial charge >= 0.3 is 0 Å². The topological polar surface area (TPSA) is 52.5 Å². The van der Waals surface area contributed by atoms with Crippen LogP contribution in [0, 0.1) is 0 Å². The molecule has 0 bridgehead atoms. The first-order chi connectivity index (χ1) is 5.68. The van der Waals surface area contributed by atoms with Gasteiger partial charge in [0.05, 0.1) is 0 Å². The lowest BCUT2D eigenvalue weighted by Crippen LogP contribution is -2.43. The maximum atomic E-state index is 8.80. The third-order valence-corrected chi connectivity index (χ3v) is 2.33. The lowest BCUT2D eigenvalue weighted by Gasteiger charge is -2.29. The lowest BCUT2D eigenvalue weighted by atomic mass is 9.95. The largest absolute Gasteiger partial charge is 0.396 e. The van der Waals surface area contributed by atoms with Crippen LogP contribution < -0.4 is 5.32 Å². The number of rotatable bonds is 7. The van der Waals surface area contributed by atoms with Crippen LogP contribution in [0.15, 0.2) is 0 Å². The maximum Gasteiger partial charge on any atom is 0.0448 e. The first kappa shape index (κ1) is 11.9. The minimum Gasteiger partial charge on any atom is -0.396 e. The first-order valence-electron chi connectivity index (χ1n) is 4.65. The van der Waals surface area contributed by atoms with Gasteiger partial charge in [0.1, 0.15) is 0 Å². The standard InChI is InChI=1S/C9H21NO2/c1-3-9(2,5-8-12)10-6-4-7-11/h10-12H,3-8H2,1-2H3. The summed E-state index contributed by atoms with van der Waals surface area (Å²) in [5.74, 6) is 0. The number of aliphatic hydroxyl groups excluding tert-OH is 2. The average Bonchev–Trinajstić information content (AvgIpc) is 2.06. The van der Waals surface area contributed by atoms with Crippen LogP contribution in [0.4, 0.5) is 0 Å². The minimum absolute atomic E-state index is 0.0317. The van der Waals surface area contributed by atoms with Crippen LogP contribution in [-0.2, 0) is 0 Å². The fraction of sp³-hybridized carbons (Fsp3) is 1.00. The summed E-state index contributed by atoms with van der Waals surface area (Å²) in [6.07, 6.45) is 2.55. The molecule has 0 spiro atoms. The molecule has 0 aromatic rings. The molecule has 0 rings (SSSR count). The third-order valence-electron chi connectivity index (χ3n) is 2.33. The second kappa shape index (κ2) is 6.40. The van der Waals surface area contributed by atoms with Crippen molar-refractivity contribution in [3.63, 3.8) is 0 Å². The van der Waals surface area contributed by atoms with Crippen molar-refractivity contribution in [1.29, 1.82) is 0 Å². The van der Waals surface area contributed by atoms with E-state index in [4.69, 9.17) is 10.2 Å². The fourth-order valence-corrected chi connectivity index (χ4v) is 1.11. The van der Waals surface area contributed by atoms with Crippen molar-refractivity contribution in [1.82, 2.24) is 5.32 Å². The summed E-state index contributed by atoms with van der Waals surface area (Å²) in [6.45, 7) is 5.46. The van der Waals surface area contributed by atoms with Crippen molar-refractivity contribution in [2.75, 3.05) is 19.8 Å². The summed E-state index contributed by atoms with van der Waals surface area (Å²) < 4.78 is 0. The van der Waals surface area contributed by atoms with E-state index in [-0.39, 0.29) is 18.8 Å². The van der Waals surface area contributed by atoms with Gasteiger partial charge in [-0.3, -0.25) is 0 Å². The molecule has 12 heavy (non-hydrogen) atoms. The summed E-state index contributed by atoms with van der Waals surface area (Å²) in [5.41, 5.74) is 0.0317. The van der Waals surface area contributed by atoms with Gasteiger partial charge in [-0.2, -0.15) is 0 Å². The summed E-state index contributed by atoms with van der Waals surface area (Å²) in [6, 6.07) is 0. The van der Waals surface area contributed by atoms with Crippen LogP contribution in [0.5, 0.6) is 0 Å². The van der Waals surface area contributed by atoms with E-state index in [1.54, 1.807) is 0 Å². The highest BCUT2D eigenvalue weighted by Gasteiger charge is 2.19. The Bertz CT molecular complexity index is 109. The van der Waals surface area contributed by atoms with Crippen molar-refractivity contribution < 1.29 is 10.2 Å². The zero-order chi connectivity index (χ0) is 9.45. The first-order valence-corrected chi connectivity index (χ1v) is 4.65. The smallest absolute Gasteiger partial charge is 0.0448 e. The van der Waals surface area contributed by atoms with Gasteiger partial charge in [0, 0.05) is 18.8 Å². The number of nitrogens with one attached hydrogen (secondary N) is 1. The molecule has 0 saturated heterocycles. The van der Waals surface area contributed by atoms with E-state index in [1.807, 2.05) is 0 Å². The van der Waals surface area contributed by atoms with Gasteiger partial charge in [-0.1, -0.05) is 6.92 Å². The molecule has 1 unspecified atom stereocenters. The van der Waals surface area contributed by atoms with E-state index in [0.717, 1.165) is 25.8 Å². The van der Waals surface area contributed by atoms with E-state index in [9.17, 15) is 0 Å². The van der Waals surface area contributed by atoms with Gasteiger partial charge in [0.15, 0.2) is 0 Å². The van der Waals surface area contributed by atoms with Crippen molar-refractivity contribution in [2.24, 2.45) is 0 Å². The highest BCUT2D eigenvalue weighted by Crippen LogP contribution is 2.13. The molecule has 0 saturated carbocycles. The molecule has 1 atom stereocenters. The van der Waals surface area contributed by atoms with Crippen LogP contribution in [0.3, 0.4) is 0 Å². The van der Waals surface area contributed by atoms with E-state index in [0.29, 0.717) is 0 Å². The molecular formula is C9H21NO2. The van der Waals surface area contributed by atoms with Crippen molar-refractivity contribution in [2.45, 2.75) is 38.6 Å². The molecule has 0 aliphatic heterocycles. The Morgan fingerprint density at radius 1 is 1.25 bits per heavy atom. The fourth-order valence-electron chi connectivity index (χ4n) is 1.11. The zero-order valence-corrected chi connectivity index (χ0v) is 8.14. The Labute approximate surface area is 74.8 Å². The predicted molar refractivity (Wildman–Crippen MR) is 50.1 cm³/mol. The number of hydrogen-bond acceptors (Lipinski definition) is 3. The molecule has 0 aromatic carbocycles. The summed E-state index contributed by atoms with van der Waals surface area (Å²) in [7, 11) is 0. The van der Waals surface area contributed by atoms with Gasteiger partial charge < -0.3 is 15.5 Å². The van der Waals surface area contributed by atoms with Gasteiger partial charge in [-0.05, 0) is 32.7 Å². The van der Waals surface area contributed by atoms with Gasteiger partial charge in [0.25, 0.3) is 0 Å². The Balaban J connectivity index is 3.63. The van der Waals surface area contributed by atoms with Crippen LogP contribution in [0.1, 0.15) is 33.1 Å². The molecule has 0 heterocycles. The molecule has 0 aromatic heterocycles. The molecule has 0 aliphatic rings. The van der Waals surface area contributed by atoms with Gasteiger partial charge in [-0.15, -0.1) is 0 Å². The van der Waals surface area contributed by atoms with Crippen LogP contribution in [0.25, 0.3) is 0 Å². The van der Waals surface area contributed by atoms with E-state index in [2.05, 4.69) is 19.2 Å². The van der Waals surface area contributed by atoms with Crippen molar-refractivity contribution >= 4 is 0 Å². The summed E-state index contributed by atoms with van der Waals surface area (Å²) in [4.78, 5) is 0. The quantitative estimate of drug-likeness (QED) is 0.494. The minimum atomic E-state index is 0.0317. The van der Waals surface area contributed by atoms with E-state index in [1.165, 1.54) is 0 Å². The molecule has 3 heteroatoms. The molecule has 0 radical (unpaired) electrons. The second-order valence-corrected chi connectivity index (χ2v) is 3.39. The summed E-state index contributed by atoms with van der Waals surface area (Å²) in [5, 5.41) is 20.7. The molecule has 3 nitrogen and oxygen atoms in total. The highest BCUT2D eigenvalue weighted by molar-refractivity contribution is 4.80. The maximum absolute atomic E-state index is 8.80. The Kier molecular flexibility index (Phi) is 6.34. The molecular weight excluding hydrogens is 154 g/mol. The second-order valence-electron chi connectivity index (χ2n) is 3.39. The van der Waals surface area contributed by atoms with Crippen LogP contribution in [0.2, 0.25) is 0 Å². The molecule has 0 aliphatic carbocycles. The van der Waals surface area contributed by atoms with Gasteiger partial charge in [0.2, 0.25) is 0 Å². The van der Waals surface area contributed by atoms with Crippen molar-refractivity contribution in [3.8, 4) is 0 Å². The zero-order valence-electron chi connectivity index (χ0n) is 8.14. The SMILES string of the molecule is CCC(C)(CCO)NCCCO. The van der Waals surface area contributed by atoms with E-state index < -0.39 is 0 Å². The normalized spacial score (nSPS) is 16.0. The number of hydrogen-bond donors (Lipinski definition) is 3. The molecule has 74 valence electrons. The Morgan fingerprint density at radius 3 is 2.33 bits per heavy atom. The highest BCUT2D eigenvalue weighted by atomic mass is 16.3. The van der Waals surface area contributed by atoms with Crippen molar-refractivity contribution in [3.05, 3.63) is 0 Å². The Morgan fingerprint density at radius 2 is 1.92 bits per heavy atom.